The van der Waals surface area contributed by atoms with Crippen LogP contribution in [0.3, 0.4) is 0 Å². The molecule has 0 fully saturated rings. The van der Waals surface area contributed by atoms with Gasteiger partial charge in [0.05, 0.1) is 19.3 Å². The summed E-state index contributed by atoms with van der Waals surface area (Å²) < 4.78 is 16.6. The number of carbonyl (C=O) groups is 1. The molecule has 132 valence electrons. The number of halogens is 1. The Balaban J connectivity index is 0.00000208. The van der Waals surface area contributed by atoms with Gasteiger partial charge in [0.1, 0.15) is 12.1 Å². The molecule has 1 unspecified atom stereocenters. The highest BCUT2D eigenvalue weighted by Crippen LogP contribution is 2.38. The Morgan fingerprint density at radius 3 is 3.08 bits per heavy atom. The third-order valence-corrected chi connectivity index (χ3v) is 3.77. The predicted molar refractivity (Wildman–Crippen MR) is 90.8 cm³/mol. The number of nitrogens with two attached hydrogens (primary N) is 1. The zero-order chi connectivity index (χ0) is 16.4. The molecule has 2 aromatic rings. The first-order valence-electron chi connectivity index (χ1n) is 7.44. The first kappa shape index (κ1) is 18.2. The summed E-state index contributed by atoms with van der Waals surface area (Å²) in [5, 5.41) is 10.6. The minimum absolute atomic E-state index is 0. The molecule has 1 aliphatic heterocycles. The molecular weight excluding hydrogens is 336 g/mol. The van der Waals surface area contributed by atoms with Crippen LogP contribution in [0.2, 0.25) is 0 Å². The largest absolute Gasteiger partial charge is 0.486 e. The normalized spacial score (nSPS) is 18.4. The monoisotopic (exact) mass is 356 g/mol. The second-order valence-corrected chi connectivity index (χ2v) is 5.65. The van der Waals surface area contributed by atoms with E-state index in [2.05, 4.69) is 20.3 Å². The lowest BCUT2D eigenvalue weighted by Gasteiger charge is -2.33. The van der Waals surface area contributed by atoms with Gasteiger partial charge in [-0.1, -0.05) is 0 Å². The van der Waals surface area contributed by atoms with Crippen LogP contribution in [-0.4, -0.2) is 48.2 Å². The van der Waals surface area contributed by atoms with Gasteiger partial charge in [-0.05, 0) is 25.5 Å². The summed E-state index contributed by atoms with van der Waals surface area (Å²) >= 11 is 0. The molecule has 0 saturated heterocycles. The molecule has 3 rings (SSSR count). The number of aromatic amines is 1. The highest BCUT2D eigenvalue weighted by atomic mass is 35.5. The molecule has 2 heterocycles. The van der Waals surface area contributed by atoms with Crippen molar-refractivity contribution in [3.8, 4) is 11.5 Å². The van der Waals surface area contributed by atoms with Crippen LogP contribution < -0.4 is 20.5 Å². The van der Waals surface area contributed by atoms with E-state index in [4.69, 9.17) is 15.2 Å². The van der Waals surface area contributed by atoms with E-state index in [-0.39, 0.29) is 30.6 Å². The number of alkyl carbamates (subject to hydrolysis) is 1. The molecule has 0 radical (unpaired) electrons. The van der Waals surface area contributed by atoms with E-state index in [1.165, 1.54) is 7.11 Å². The maximum Gasteiger partial charge on any atom is 0.407 e. The van der Waals surface area contributed by atoms with Crippen LogP contribution in [-0.2, 0) is 4.74 Å². The van der Waals surface area contributed by atoms with Crippen molar-refractivity contribution in [2.24, 2.45) is 5.73 Å². The van der Waals surface area contributed by atoms with Crippen molar-refractivity contribution in [1.29, 1.82) is 0 Å². The van der Waals surface area contributed by atoms with E-state index in [1.807, 2.05) is 19.1 Å². The number of fused-ring (bicyclic) bond motifs is 3. The third kappa shape index (κ3) is 3.65. The predicted octanol–water partition coefficient (Wildman–Crippen LogP) is 1.59. The van der Waals surface area contributed by atoms with Gasteiger partial charge >= 0.3 is 6.09 Å². The Kier molecular flexibility index (Phi) is 5.74. The van der Waals surface area contributed by atoms with Gasteiger partial charge in [0.15, 0.2) is 17.6 Å². The third-order valence-electron chi connectivity index (χ3n) is 3.77. The Bertz CT molecular complexity index is 706. The minimum atomic E-state index is -0.523. The van der Waals surface area contributed by atoms with E-state index in [1.54, 1.807) is 6.20 Å². The van der Waals surface area contributed by atoms with Crippen LogP contribution in [0.1, 0.15) is 13.3 Å². The zero-order valence-corrected chi connectivity index (χ0v) is 14.3. The van der Waals surface area contributed by atoms with Crippen LogP contribution in [0, 0.1) is 0 Å². The number of ether oxygens (including phenoxy) is 3. The average molecular weight is 357 g/mol. The number of hydrogen-bond donors (Lipinski definition) is 3. The highest BCUT2D eigenvalue weighted by Gasteiger charge is 2.32. The lowest BCUT2D eigenvalue weighted by Crippen LogP contribution is -2.51. The van der Waals surface area contributed by atoms with E-state index >= 15 is 0 Å². The van der Waals surface area contributed by atoms with E-state index < -0.39 is 6.09 Å². The van der Waals surface area contributed by atoms with E-state index in [0.717, 1.165) is 10.9 Å². The number of hydrogen-bond acceptors (Lipinski definition) is 6. The summed E-state index contributed by atoms with van der Waals surface area (Å²) in [5.41, 5.74) is 6.65. The Labute approximate surface area is 145 Å². The summed E-state index contributed by atoms with van der Waals surface area (Å²) in [5.74, 6) is 1.24. The number of carbonyl (C=O) groups excluding carboxylic acids is 1. The number of amides is 1. The smallest absolute Gasteiger partial charge is 0.407 e. The van der Waals surface area contributed by atoms with Gasteiger partial charge in [-0.15, -0.1) is 12.4 Å². The Morgan fingerprint density at radius 2 is 2.38 bits per heavy atom. The fourth-order valence-electron chi connectivity index (χ4n) is 2.67. The van der Waals surface area contributed by atoms with Gasteiger partial charge < -0.3 is 25.3 Å². The number of aromatic nitrogens is 2. The van der Waals surface area contributed by atoms with Crippen molar-refractivity contribution < 1.29 is 19.0 Å². The van der Waals surface area contributed by atoms with Gasteiger partial charge in [0.2, 0.25) is 0 Å². The summed E-state index contributed by atoms with van der Waals surface area (Å²) in [6.07, 6.45) is 1.36. The van der Waals surface area contributed by atoms with Crippen LogP contribution >= 0.6 is 12.4 Å². The first-order chi connectivity index (χ1) is 11.1. The first-order valence-corrected chi connectivity index (χ1v) is 7.44. The number of H-pyrrole nitrogens is 1. The second-order valence-electron chi connectivity index (χ2n) is 5.65. The molecule has 1 aliphatic rings. The fourth-order valence-corrected chi connectivity index (χ4v) is 2.67. The molecule has 1 amide bonds. The topological polar surface area (TPSA) is 111 Å². The second kappa shape index (κ2) is 7.59. The summed E-state index contributed by atoms with van der Waals surface area (Å²) in [6, 6.07) is 3.32. The number of rotatable bonds is 4. The molecule has 1 aromatic carbocycles. The molecule has 1 aromatic heterocycles. The van der Waals surface area contributed by atoms with Crippen molar-refractivity contribution in [2.75, 3.05) is 13.7 Å². The van der Waals surface area contributed by atoms with Crippen LogP contribution in [0.4, 0.5) is 4.79 Å². The number of methoxy groups -OCH3 is 1. The van der Waals surface area contributed by atoms with Gasteiger partial charge in [-0.3, -0.25) is 5.10 Å². The molecule has 0 spiro atoms. The molecule has 8 nitrogen and oxygen atoms in total. The molecule has 9 heteroatoms. The minimum Gasteiger partial charge on any atom is -0.486 e. The standard InChI is InChI=1S/C15H20N4O4.ClH/c1-8(16)5-10(18-15(20)21-2)12-7-22-11-4-3-9-6-17-19-13(9)14(11)23-12;/h3-4,6,8,10,12H,5,7,16H2,1-2H3,(H,17,19)(H,18,20);1H/t8-,10?,12-;/m0./s1. The maximum atomic E-state index is 11.6. The van der Waals surface area contributed by atoms with Crippen LogP contribution in [0.15, 0.2) is 18.3 Å². The quantitative estimate of drug-likeness (QED) is 0.767. The molecule has 0 saturated carbocycles. The van der Waals surface area contributed by atoms with Gasteiger partial charge in [0, 0.05) is 11.4 Å². The summed E-state index contributed by atoms with van der Waals surface area (Å²) in [4.78, 5) is 11.6. The fraction of sp³-hybridized carbons (Fsp3) is 0.467. The van der Waals surface area contributed by atoms with E-state index in [9.17, 15) is 4.79 Å². The Hall–Kier alpha value is -2.19. The lowest BCUT2D eigenvalue weighted by molar-refractivity contribution is 0.0576. The van der Waals surface area contributed by atoms with Crippen molar-refractivity contribution in [3.05, 3.63) is 18.3 Å². The van der Waals surface area contributed by atoms with Gasteiger partial charge in [0.25, 0.3) is 0 Å². The highest BCUT2D eigenvalue weighted by molar-refractivity contribution is 5.87. The summed E-state index contributed by atoms with van der Waals surface area (Å²) in [7, 11) is 1.32. The molecule has 4 N–H and O–H groups in total. The molecule has 24 heavy (non-hydrogen) atoms. The lowest BCUT2D eigenvalue weighted by atomic mass is 10.0. The van der Waals surface area contributed by atoms with Crippen LogP contribution in [0.25, 0.3) is 10.9 Å². The van der Waals surface area contributed by atoms with Gasteiger partial charge in [-0.25, -0.2) is 4.79 Å². The number of nitrogens with one attached hydrogen (secondary N) is 2. The number of benzene rings is 1. The Morgan fingerprint density at radius 1 is 1.58 bits per heavy atom. The van der Waals surface area contributed by atoms with Gasteiger partial charge in [-0.2, -0.15) is 5.10 Å². The summed E-state index contributed by atoms with van der Waals surface area (Å²) in [6.45, 7) is 2.19. The van der Waals surface area contributed by atoms with Crippen molar-refractivity contribution >= 4 is 29.4 Å². The molecule has 0 bridgehead atoms. The SMILES string of the molecule is COC(=O)NC(C[C@H](C)N)[C@@H]1COc2ccc3cn[nH]c3c2O1.Cl. The van der Waals surface area contributed by atoms with Crippen LogP contribution in [0.5, 0.6) is 11.5 Å². The molecule has 0 aliphatic carbocycles. The number of nitrogens with zero attached hydrogens (tertiary/aromatic N) is 1. The molecule has 3 atom stereocenters. The average Bonchev–Trinajstić information content (AvgIpc) is 3.02. The zero-order valence-electron chi connectivity index (χ0n) is 13.4. The van der Waals surface area contributed by atoms with Crippen molar-refractivity contribution in [1.82, 2.24) is 15.5 Å². The molecular formula is C15H21ClN4O4. The maximum absolute atomic E-state index is 11.6. The van der Waals surface area contributed by atoms with E-state index in [0.29, 0.717) is 24.5 Å². The van der Waals surface area contributed by atoms with Crippen molar-refractivity contribution in [2.45, 2.75) is 31.5 Å². The van der Waals surface area contributed by atoms with Crippen molar-refractivity contribution in [3.63, 3.8) is 0 Å².